The van der Waals surface area contributed by atoms with Gasteiger partial charge in [-0.3, -0.25) is 0 Å². The lowest BCUT2D eigenvalue weighted by atomic mass is 10.1. The van der Waals surface area contributed by atoms with Crippen molar-refractivity contribution in [2.24, 2.45) is 0 Å². The highest BCUT2D eigenvalue weighted by molar-refractivity contribution is 7.19. The monoisotopic (exact) mass is 261 g/mol. The minimum absolute atomic E-state index is 0.506. The maximum absolute atomic E-state index is 9.82. The van der Waals surface area contributed by atoms with Gasteiger partial charge >= 0.3 is 6.47 Å². The quantitative estimate of drug-likeness (QED) is 0.669. The first-order chi connectivity index (χ1) is 8.90. The largest absolute Gasteiger partial charge is 0.457 e. The molecular weight excluding hydrogens is 244 g/mol. The topological polar surface area (TPSA) is 26.3 Å². The van der Waals surface area contributed by atoms with Gasteiger partial charge in [-0.05, 0) is 36.8 Å². The highest BCUT2D eigenvalue weighted by atomic mass is 32.1. The van der Waals surface area contributed by atoms with Crippen LogP contribution in [0.1, 0.15) is 30.6 Å². The molecule has 0 unspecified atom stereocenters. The molecule has 1 aromatic carbocycles. The Balaban J connectivity index is 1.68. The van der Waals surface area contributed by atoms with E-state index in [9.17, 15) is 4.79 Å². The van der Waals surface area contributed by atoms with Gasteiger partial charge in [-0.15, -0.1) is 11.3 Å². The lowest BCUT2D eigenvalue weighted by molar-refractivity contribution is 0.269. The molecule has 1 heterocycles. The van der Waals surface area contributed by atoms with Crippen LogP contribution in [0.3, 0.4) is 0 Å². The summed E-state index contributed by atoms with van der Waals surface area (Å²) >= 11 is 1.89. The van der Waals surface area contributed by atoms with Crippen LogP contribution in [-0.2, 0) is 16.0 Å². The van der Waals surface area contributed by atoms with E-state index >= 15 is 0 Å². The number of benzene rings is 1. The molecule has 0 aliphatic rings. The van der Waals surface area contributed by atoms with E-state index < -0.39 is 0 Å². The predicted octanol–water partition coefficient (Wildman–Crippen LogP) is 4.09. The Morgan fingerprint density at radius 2 is 1.94 bits per heavy atom. The Labute approximate surface area is 112 Å². The Morgan fingerprint density at radius 3 is 2.78 bits per heavy atom. The standard InChI is InChI=1S/C15H17O2S/c16-12-17-10-6-2-1-3-8-14-11-13-7-4-5-9-15(13)18-14/h4-5,7,9,11H,1-3,6,8,10H2. The molecule has 18 heavy (non-hydrogen) atoms. The second-order valence-corrected chi connectivity index (χ2v) is 5.51. The molecule has 0 fully saturated rings. The Kier molecular flexibility index (Phi) is 5.21. The predicted molar refractivity (Wildman–Crippen MR) is 75.6 cm³/mol. The van der Waals surface area contributed by atoms with Crippen molar-refractivity contribution in [3.8, 4) is 0 Å². The molecule has 0 N–H and O–H groups in total. The molecule has 3 heteroatoms. The fourth-order valence-electron chi connectivity index (χ4n) is 2.03. The number of ether oxygens (including phenoxy) is 1. The fraction of sp³-hybridized carbons (Fsp3) is 0.400. The smallest absolute Gasteiger partial charge is 0.417 e. The van der Waals surface area contributed by atoms with Gasteiger partial charge in [0.25, 0.3) is 0 Å². The fourth-order valence-corrected chi connectivity index (χ4v) is 3.13. The van der Waals surface area contributed by atoms with E-state index in [0.29, 0.717) is 6.61 Å². The van der Waals surface area contributed by atoms with E-state index in [0.717, 1.165) is 19.3 Å². The third-order valence-electron chi connectivity index (χ3n) is 2.96. The Bertz CT molecular complexity index is 457. The van der Waals surface area contributed by atoms with Crippen molar-refractivity contribution in [1.82, 2.24) is 0 Å². The lowest BCUT2D eigenvalue weighted by Gasteiger charge is -1.99. The van der Waals surface area contributed by atoms with E-state index in [2.05, 4.69) is 35.1 Å². The molecular formula is C15H17O2S. The number of hydrogen-bond donors (Lipinski definition) is 0. The number of carbonyl (C=O) groups excluding carboxylic acids is 1. The van der Waals surface area contributed by atoms with Gasteiger partial charge in [0.15, 0.2) is 0 Å². The lowest BCUT2D eigenvalue weighted by Crippen LogP contribution is -1.91. The van der Waals surface area contributed by atoms with Crippen molar-refractivity contribution in [2.45, 2.75) is 32.1 Å². The molecule has 2 nitrogen and oxygen atoms in total. The second kappa shape index (κ2) is 7.17. The highest BCUT2D eigenvalue weighted by Crippen LogP contribution is 2.26. The number of unbranched alkanes of at least 4 members (excludes halogenated alkanes) is 3. The van der Waals surface area contributed by atoms with E-state index in [-0.39, 0.29) is 0 Å². The molecule has 1 aromatic heterocycles. The number of rotatable bonds is 8. The van der Waals surface area contributed by atoms with Crippen molar-refractivity contribution in [1.29, 1.82) is 0 Å². The van der Waals surface area contributed by atoms with Gasteiger partial charge in [-0.25, -0.2) is 4.79 Å². The molecule has 1 radical (unpaired) electrons. The van der Waals surface area contributed by atoms with E-state index in [1.807, 2.05) is 11.3 Å². The van der Waals surface area contributed by atoms with E-state index in [1.54, 1.807) is 0 Å². The van der Waals surface area contributed by atoms with E-state index in [1.165, 1.54) is 34.3 Å². The molecule has 0 bridgehead atoms. The normalized spacial score (nSPS) is 10.7. The van der Waals surface area contributed by atoms with Gasteiger partial charge < -0.3 is 4.74 Å². The third-order valence-corrected chi connectivity index (χ3v) is 4.13. The Morgan fingerprint density at radius 1 is 1.11 bits per heavy atom. The maximum Gasteiger partial charge on any atom is 0.417 e. The summed E-state index contributed by atoms with van der Waals surface area (Å²) in [6, 6.07) is 10.8. The van der Waals surface area contributed by atoms with Gasteiger partial charge in [0.1, 0.15) is 0 Å². The Hall–Kier alpha value is -1.35. The minimum atomic E-state index is 0.506. The van der Waals surface area contributed by atoms with Crippen LogP contribution in [-0.4, -0.2) is 13.1 Å². The SMILES string of the molecule is O=[C]OCCCCCCc1cc2ccccc2s1. The van der Waals surface area contributed by atoms with Crippen LogP contribution in [0.2, 0.25) is 0 Å². The molecule has 0 saturated heterocycles. The molecule has 2 aromatic rings. The summed E-state index contributed by atoms with van der Waals surface area (Å²) in [5.41, 5.74) is 0. The van der Waals surface area contributed by atoms with Crippen molar-refractivity contribution < 1.29 is 9.53 Å². The summed E-state index contributed by atoms with van der Waals surface area (Å²) in [6.45, 7) is 1.96. The van der Waals surface area contributed by atoms with Crippen LogP contribution < -0.4 is 0 Å². The average Bonchev–Trinajstić information content (AvgIpc) is 2.80. The van der Waals surface area contributed by atoms with Crippen LogP contribution in [0.25, 0.3) is 10.1 Å². The van der Waals surface area contributed by atoms with Gasteiger partial charge in [0.2, 0.25) is 0 Å². The van der Waals surface area contributed by atoms with Crippen LogP contribution in [0, 0.1) is 0 Å². The van der Waals surface area contributed by atoms with Gasteiger partial charge in [0.05, 0.1) is 6.61 Å². The molecule has 0 saturated carbocycles. The third kappa shape index (κ3) is 3.84. The van der Waals surface area contributed by atoms with Crippen LogP contribution in [0.4, 0.5) is 0 Å². The zero-order valence-electron chi connectivity index (χ0n) is 10.4. The molecule has 0 spiro atoms. The summed E-state index contributed by atoms with van der Waals surface area (Å²) in [7, 11) is 0. The zero-order chi connectivity index (χ0) is 12.6. The molecule has 0 aliphatic heterocycles. The summed E-state index contributed by atoms with van der Waals surface area (Å²) < 4.78 is 5.91. The van der Waals surface area contributed by atoms with Gasteiger partial charge in [-0.1, -0.05) is 31.0 Å². The number of fused-ring (bicyclic) bond motifs is 1. The summed E-state index contributed by atoms with van der Waals surface area (Å²) in [5, 5.41) is 1.35. The number of thiophene rings is 1. The van der Waals surface area contributed by atoms with E-state index in [4.69, 9.17) is 0 Å². The second-order valence-electron chi connectivity index (χ2n) is 4.35. The van der Waals surface area contributed by atoms with Crippen LogP contribution >= 0.6 is 11.3 Å². The zero-order valence-corrected chi connectivity index (χ0v) is 11.2. The average molecular weight is 261 g/mol. The highest BCUT2D eigenvalue weighted by Gasteiger charge is 2.00. The number of hydrogen-bond acceptors (Lipinski definition) is 3. The molecule has 0 atom stereocenters. The van der Waals surface area contributed by atoms with Crippen LogP contribution in [0.5, 0.6) is 0 Å². The molecule has 2 rings (SSSR count). The molecule has 0 aliphatic carbocycles. The minimum Gasteiger partial charge on any atom is -0.457 e. The van der Waals surface area contributed by atoms with Crippen molar-refractivity contribution in [2.75, 3.05) is 6.61 Å². The van der Waals surface area contributed by atoms with Crippen molar-refractivity contribution in [3.63, 3.8) is 0 Å². The first kappa shape index (κ1) is 13.1. The van der Waals surface area contributed by atoms with Crippen molar-refractivity contribution >= 4 is 27.9 Å². The summed E-state index contributed by atoms with van der Waals surface area (Å²) in [4.78, 5) is 11.3. The van der Waals surface area contributed by atoms with Crippen molar-refractivity contribution in [3.05, 3.63) is 35.2 Å². The summed E-state index contributed by atoms with van der Waals surface area (Å²) in [5.74, 6) is 0. The van der Waals surface area contributed by atoms with Crippen LogP contribution in [0.15, 0.2) is 30.3 Å². The number of aryl methyl sites for hydroxylation is 1. The van der Waals surface area contributed by atoms with Gasteiger partial charge in [-0.2, -0.15) is 0 Å². The first-order valence-electron chi connectivity index (χ1n) is 6.36. The van der Waals surface area contributed by atoms with Gasteiger partial charge in [0, 0.05) is 9.58 Å². The summed E-state index contributed by atoms with van der Waals surface area (Å²) in [6.07, 6.45) is 5.61. The maximum atomic E-state index is 9.82. The molecule has 0 amide bonds. The molecule has 95 valence electrons. The first-order valence-corrected chi connectivity index (χ1v) is 7.18.